The Labute approximate surface area is 95.2 Å². The predicted octanol–water partition coefficient (Wildman–Crippen LogP) is 0.205. The molecular formula is C12H17N3O. The minimum atomic E-state index is -0.956. The molecule has 4 heteroatoms. The van der Waals surface area contributed by atoms with Crippen LogP contribution in [-0.4, -0.2) is 22.9 Å². The lowest BCUT2D eigenvalue weighted by Gasteiger charge is -2.26. The van der Waals surface area contributed by atoms with Gasteiger partial charge in [0.25, 0.3) is 0 Å². The van der Waals surface area contributed by atoms with Crippen LogP contribution < -0.4 is 11.5 Å². The molecule has 1 aliphatic heterocycles. The Morgan fingerprint density at radius 2 is 1.88 bits per heavy atom. The van der Waals surface area contributed by atoms with E-state index in [1.807, 2.05) is 12.1 Å². The molecule has 86 valence electrons. The van der Waals surface area contributed by atoms with Crippen LogP contribution >= 0.6 is 0 Å². The van der Waals surface area contributed by atoms with E-state index >= 15 is 0 Å². The summed E-state index contributed by atoms with van der Waals surface area (Å²) in [5.74, 6) is -0.455. The fraction of sp³-hybridized carbons (Fsp3) is 0.417. The van der Waals surface area contributed by atoms with Gasteiger partial charge in [0, 0.05) is 19.6 Å². The maximum absolute atomic E-state index is 11.2. The van der Waals surface area contributed by atoms with Crippen molar-refractivity contribution in [2.45, 2.75) is 25.6 Å². The zero-order valence-corrected chi connectivity index (χ0v) is 9.44. The third kappa shape index (κ3) is 2.08. The normalized spacial score (nSPS) is 19.1. The van der Waals surface area contributed by atoms with Crippen LogP contribution in [0, 0.1) is 0 Å². The van der Waals surface area contributed by atoms with E-state index in [1.165, 1.54) is 11.1 Å². The lowest BCUT2D eigenvalue weighted by molar-refractivity contribution is -0.123. The number of carbonyl (C=O) groups is 1. The van der Waals surface area contributed by atoms with Crippen LogP contribution in [0.5, 0.6) is 0 Å². The van der Waals surface area contributed by atoms with Crippen LogP contribution in [-0.2, 0) is 17.9 Å². The van der Waals surface area contributed by atoms with E-state index in [2.05, 4.69) is 17.0 Å². The van der Waals surface area contributed by atoms with Gasteiger partial charge in [-0.3, -0.25) is 9.69 Å². The van der Waals surface area contributed by atoms with Gasteiger partial charge in [0.05, 0.1) is 0 Å². The number of amides is 1. The number of fused-ring (bicyclic) bond motifs is 1. The van der Waals surface area contributed by atoms with Gasteiger partial charge in [-0.15, -0.1) is 0 Å². The highest BCUT2D eigenvalue weighted by Gasteiger charge is 2.30. The van der Waals surface area contributed by atoms with Crippen molar-refractivity contribution in [2.24, 2.45) is 11.5 Å². The van der Waals surface area contributed by atoms with Gasteiger partial charge < -0.3 is 11.5 Å². The van der Waals surface area contributed by atoms with Gasteiger partial charge in [-0.05, 0) is 18.1 Å². The summed E-state index contributed by atoms with van der Waals surface area (Å²) in [5, 5.41) is 0. The Morgan fingerprint density at radius 1 is 1.38 bits per heavy atom. The molecular weight excluding hydrogens is 202 g/mol. The van der Waals surface area contributed by atoms with Crippen molar-refractivity contribution in [1.82, 2.24) is 4.90 Å². The molecule has 0 aromatic heterocycles. The molecule has 0 fully saturated rings. The van der Waals surface area contributed by atoms with Crippen molar-refractivity contribution < 1.29 is 4.79 Å². The molecule has 16 heavy (non-hydrogen) atoms. The number of hydrogen-bond acceptors (Lipinski definition) is 3. The van der Waals surface area contributed by atoms with Crippen molar-refractivity contribution in [3.8, 4) is 0 Å². The van der Waals surface area contributed by atoms with Crippen LogP contribution in [0.2, 0.25) is 0 Å². The zero-order valence-electron chi connectivity index (χ0n) is 9.44. The Morgan fingerprint density at radius 3 is 2.31 bits per heavy atom. The summed E-state index contributed by atoms with van der Waals surface area (Å²) < 4.78 is 0. The summed E-state index contributed by atoms with van der Waals surface area (Å²) in [5.41, 5.74) is 12.8. The molecule has 1 heterocycles. The van der Waals surface area contributed by atoms with Crippen LogP contribution in [0.4, 0.5) is 0 Å². The first-order valence-corrected chi connectivity index (χ1v) is 5.37. The van der Waals surface area contributed by atoms with E-state index in [0.29, 0.717) is 6.54 Å². The minimum Gasteiger partial charge on any atom is -0.368 e. The summed E-state index contributed by atoms with van der Waals surface area (Å²) in [7, 11) is 0. The van der Waals surface area contributed by atoms with E-state index in [4.69, 9.17) is 11.5 Å². The average Bonchev–Trinajstić information content (AvgIpc) is 2.58. The van der Waals surface area contributed by atoms with Gasteiger partial charge in [0.2, 0.25) is 5.91 Å². The van der Waals surface area contributed by atoms with Crippen LogP contribution in [0.1, 0.15) is 18.1 Å². The second-order valence-corrected chi connectivity index (χ2v) is 4.70. The molecule has 0 radical (unpaired) electrons. The Balaban J connectivity index is 2.05. The Bertz CT molecular complexity index is 389. The first-order valence-electron chi connectivity index (χ1n) is 5.37. The van der Waals surface area contributed by atoms with Crippen molar-refractivity contribution >= 4 is 5.91 Å². The monoisotopic (exact) mass is 219 g/mol. The molecule has 4 nitrogen and oxygen atoms in total. The molecule has 0 spiro atoms. The topological polar surface area (TPSA) is 72.3 Å². The lowest BCUT2D eigenvalue weighted by Crippen LogP contribution is -2.55. The number of nitrogens with two attached hydrogens (primary N) is 2. The maximum Gasteiger partial charge on any atom is 0.238 e. The van der Waals surface area contributed by atoms with Gasteiger partial charge in [-0.1, -0.05) is 24.3 Å². The van der Waals surface area contributed by atoms with Gasteiger partial charge in [-0.25, -0.2) is 0 Å². The summed E-state index contributed by atoms with van der Waals surface area (Å²) >= 11 is 0. The third-order valence-corrected chi connectivity index (χ3v) is 3.02. The minimum absolute atomic E-state index is 0.455. The number of primary amides is 1. The number of rotatable bonds is 3. The van der Waals surface area contributed by atoms with Gasteiger partial charge in [0.1, 0.15) is 5.54 Å². The second-order valence-electron chi connectivity index (χ2n) is 4.70. The molecule has 1 unspecified atom stereocenters. The average molecular weight is 219 g/mol. The predicted molar refractivity (Wildman–Crippen MR) is 62.3 cm³/mol. The highest BCUT2D eigenvalue weighted by Crippen LogP contribution is 2.23. The molecule has 1 aliphatic rings. The maximum atomic E-state index is 11.2. The number of carbonyl (C=O) groups excluding carboxylic acids is 1. The molecule has 0 saturated heterocycles. The highest BCUT2D eigenvalue weighted by molar-refractivity contribution is 5.84. The van der Waals surface area contributed by atoms with Crippen molar-refractivity contribution in [3.05, 3.63) is 35.4 Å². The molecule has 0 saturated carbocycles. The smallest absolute Gasteiger partial charge is 0.238 e. The Hall–Kier alpha value is -1.39. The van der Waals surface area contributed by atoms with Crippen LogP contribution in [0.25, 0.3) is 0 Å². The SMILES string of the molecule is CC(N)(CN1Cc2ccccc2C1)C(N)=O. The van der Waals surface area contributed by atoms with Gasteiger partial charge in [-0.2, -0.15) is 0 Å². The second kappa shape index (κ2) is 3.88. The summed E-state index contributed by atoms with van der Waals surface area (Å²) in [6.07, 6.45) is 0. The molecule has 0 aliphatic carbocycles. The van der Waals surface area contributed by atoms with Crippen molar-refractivity contribution in [3.63, 3.8) is 0 Å². The number of benzene rings is 1. The standard InChI is InChI=1S/C12H17N3O/c1-12(14,11(13)16)8-15-6-9-4-2-3-5-10(9)7-15/h2-5H,6-8,14H2,1H3,(H2,13,16). The van der Waals surface area contributed by atoms with E-state index in [1.54, 1.807) is 6.92 Å². The molecule has 0 bridgehead atoms. The third-order valence-electron chi connectivity index (χ3n) is 3.02. The van der Waals surface area contributed by atoms with E-state index < -0.39 is 11.4 Å². The summed E-state index contributed by atoms with van der Waals surface area (Å²) in [4.78, 5) is 13.3. The van der Waals surface area contributed by atoms with Gasteiger partial charge in [0.15, 0.2) is 0 Å². The van der Waals surface area contributed by atoms with E-state index in [0.717, 1.165) is 13.1 Å². The first-order chi connectivity index (χ1) is 7.49. The fourth-order valence-corrected chi connectivity index (χ4v) is 2.06. The largest absolute Gasteiger partial charge is 0.368 e. The lowest BCUT2D eigenvalue weighted by atomic mass is 10.0. The van der Waals surface area contributed by atoms with E-state index in [9.17, 15) is 4.79 Å². The molecule has 1 atom stereocenters. The van der Waals surface area contributed by atoms with E-state index in [-0.39, 0.29) is 0 Å². The molecule has 4 N–H and O–H groups in total. The Kier molecular flexibility index (Phi) is 2.69. The zero-order chi connectivity index (χ0) is 11.8. The molecule has 1 amide bonds. The van der Waals surface area contributed by atoms with Crippen molar-refractivity contribution in [2.75, 3.05) is 6.54 Å². The quantitative estimate of drug-likeness (QED) is 0.763. The number of hydrogen-bond donors (Lipinski definition) is 2. The summed E-state index contributed by atoms with van der Waals surface area (Å²) in [6, 6.07) is 8.26. The molecule has 1 aromatic rings. The van der Waals surface area contributed by atoms with Crippen molar-refractivity contribution in [1.29, 1.82) is 0 Å². The van der Waals surface area contributed by atoms with Crippen LogP contribution in [0.15, 0.2) is 24.3 Å². The van der Waals surface area contributed by atoms with Gasteiger partial charge >= 0.3 is 0 Å². The summed E-state index contributed by atoms with van der Waals surface area (Å²) in [6.45, 7) is 3.86. The molecule has 1 aromatic carbocycles. The van der Waals surface area contributed by atoms with Crippen LogP contribution in [0.3, 0.4) is 0 Å². The highest BCUT2D eigenvalue weighted by atomic mass is 16.1. The molecule has 2 rings (SSSR count). The first kappa shape index (κ1) is 11.1. The number of nitrogens with zero attached hydrogens (tertiary/aromatic N) is 1. The fourth-order valence-electron chi connectivity index (χ4n) is 2.06.